The number of ether oxygens (including phenoxy) is 1. The van der Waals surface area contributed by atoms with Crippen molar-refractivity contribution in [3.8, 4) is 6.07 Å². The molecule has 0 saturated heterocycles. The average molecular weight is 263 g/mol. The predicted octanol–water partition coefficient (Wildman–Crippen LogP) is 0.679. The molecule has 0 aliphatic carbocycles. The maximum absolute atomic E-state index is 11.4. The van der Waals surface area contributed by atoms with E-state index in [1.54, 1.807) is 6.07 Å². The van der Waals surface area contributed by atoms with Gasteiger partial charge in [-0.25, -0.2) is 9.59 Å². The van der Waals surface area contributed by atoms with Crippen molar-refractivity contribution in [2.24, 2.45) is 0 Å². The molecule has 1 heterocycles. The number of aromatic nitrogens is 1. The van der Waals surface area contributed by atoms with Crippen molar-refractivity contribution in [2.75, 3.05) is 11.9 Å². The number of nitrogens with zero attached hydrogens (tertiary/aromatic N) is 1. The zero-order valence-electron chi connectivity index (χ0n) is 9.60. The highest BCUT2D eigenvalue weighted by Gasteiger charge is 2.16. The molecule has 0 fully saturated rings. The molecule has 0 radical (unpaired) electrons. The fourth-order valence-corrected chi connectivity index (χ4v) is 1.15. The van der Waals surface area contributed by atoms with E-state index < -0.39 is 23.2 Å². The number of hydrogen-bond acceptors (Lipinski definition) is 5. The third-order valence-electron chi connectivity index (χ3n) is 1.95. The summed E-state index contributed by atoms with van der Waals surface area (Å²) in [6.45, 7) is 3.25. The Morgan fingerprint density at radius 1 is 1.63 bits per heavy atom. The topological polar surface area (TPSA) is 132 Å². The van der Waals surface area contributed by atoms with E-state index in [4.69, 9.17) is 10.4 Å². The highest BCUT2D eigenvalue weighted by Crippen LogP contribution is 2.11. The lowest BCUT2D eigenvalue weighted by Crippen LogP contribution is -2.22. The zero-order chi connectivity index (χ0) is 14.4. The minimum absolute atomic E-state index is 0.0747. The molecule has 0 spiro atoms. The van der Waals surface area contributed by atoms with Gasteiger partial charge >= 0.3 is 12.1 Å². The maximum Gasteiger partial charge on any atom is 0.413 e. The van der Waals surface area contributed by atoms with E-state index in [1.165, 1.54) is 6.08 Å². The number of aromatic carboxylic acids is 1. The van der Waals surface area contributed by atoms with Crippen LogP contribution in [0.3, 0.4) is 0 Å². The van der Waals surface area contributed by atoms with Gasteiger partial charge in [-0.05, 0) is 6.07 Å². The molecule has 0 atom stereocenters. The largest absolute Gasteiger partial charge is 0.478 e. The smallest absolute Gasteiger partial charge is 0.413 e. The molecule has 19 heavy (non-hydrogen) atoms. The van der Waals surface area contributed by atoms with Gasteiger partial charge < -0.3 is 14.8 Å². The number of nitriles is 1. The van der Waals surface area contributed by atoms with Crippen LogP contribution in [0.5, 0.6) is 0 Å². The summed E-state index contributed by atoms with van der Waals surface area (Å²) in [5, 5.41) is 19.6. The van der Waals surface area contributed by atoms with Crippen LogP contribution in [0.4, 0.5) is 10.6 Å². The Kier molecular flexibility index (Phi) is 4.43. The van der Waals surface area contributed by atoms with Crippen molar-refractivity contribution >= 4 is 17.9 Å². The lowest BCUT2D eigenvalue weighted by Gasteiger charge is -2.08. The van der Waals surface area contributed by atoms with Crippen molar-refractivity contribution in [1.29, 1.82) is 5.26 Å². The van der Waals surface area contributed by atoms with Gasteiger partial charge in [-0.3, -0.25) is 10.1 Å². The van der Waals surface area contributed by atoms with E-state index >= 15 is 0 Å². The summed E-state index contributed by atoms with van der Waals surface area (Å²) >= 11 is 0. The number of carboxylic acid groups (broad SMARTS) is 1. The third kappa shape index (κ3) is 3.44. The molecule has 0 bridgehead atoms. The molecular formula is C11H9N3O5. The van der Waals surface area contributed by atoms with Crippen molar-refractivity contribution < 1.29 is 19.4 Å². The van der Waals surface area contributed by atoms with Gasteiger partial charge in [-0.15, -0.1) is 0 Å². The Morgan fingerprint density at radius 2 is 2.32 bits per heavy atom. The van der Waals surface area contributed by atoms with Gasteiger partial charge in [0.05, 0.1) is 0 Å². The van der Waals surface area contributed by atoms with Crippen LogP contribution in [0.15, 0.2) is 23.5 Å². The van der Waals surface area contributed by atoms with Crippen LogP contribution in [0.1, 0.15) is 15.9 Å². The van der Waals surface area contributed by atoms with E-state index in [-0.39, 0.29) is 18.0 Å². The van der Waals surface area contributed by atoms with E-state index in [0.717, 1.165) is 6.07 Å². The number of rotatable bonds is 4. The minimum Gasteiger partial charge on any atom is -0.478 e. The normalized spacial score (nSPS) is 9.21. The summed E-state index contributed by atoms with van der Waals surface area (Å²) in [6.07, 6.45) is 0.363. The molecule has 0 unspecified atom stereocenters. The van der Waals surface area contributed by atoms with E-state index in [9.17, 15) is 14.4 Å². The first-order valence-corrected chi connectivity index (χ1v) is 4.95. The molecule has 0 saturated carbocycles. The Hall–Kier alpha value is -3.08. The van der Waals surface area contributed by atoms with E-state index in [1.807, 2.05) is 0 Å². The fourth-order valence-electron chi connectivity index (χ4n) is 1.15. The number of amides is 1. The highest BCUT2D eigenvalue weighted by molar-refractivity contribution is 5.97. The summed E-state index contributed by atoms with van der Waals surface area (Å²) in [5.41, 5.74) is -1.61. The lowest BCUT2D eigenvalue weighted by molar-refractivity contribution is 0.0697. The van der Waals surface area contributed by atoms with Gasteiger partial charge in [0.2, 0.25) is 0 Å². The number of aromatic amines is 1. The van der Waals surface area contributed by atoms with Crippen molar-refractivity contribution in [3.63, 3.8) is 0 Å². The first-order valence-electron chi connectivity index (χ1n) is 4.95. The Labute approximate surface area is 106 Å². The van der Waals surface area contributed by atoms with Gasteiger partial charge in [0.25, 0.3) is 5.56 Å². The van der Waals surface area contributed by atoms with E-state index in [2.05, 4.69) is 21.6 Å². The zero-order valence-corrected chi connectivity index (χ0v) is 9.60. The first-order chi connectivity index (χ1) is 8.99. The van der Waals surface area contributed by atoms with Crippen LogP contribution < -0.4 is 10.9 Å². The van der Waals surface area contributed by atoms with Crippen LogP contribution in [0.25, 0.3) is 0 Å². The summed E-state index contributed by atoms with van der Waals surface area (Å²) < 4.78 is 4.58. The average Bonchev–Trinajstić information content (AvgIpc) is 2.36. The van der Waals surface area contributed by atoms with Crippen LogP contribution in [-0.2, 0) is 4.74 Å². The summed E-state index contributed by atoms with van der Waals surface area (Å²) in [7, 11) is 0. The minimum atomic E-state index is -1.41. The molecule has 1 aromatic heterocycles. The quantitative estimate of drug-likeness (QED) is 0.684. The molecule has 8 heteroatoms. The number of H-pyrrole nitrogens is 1. The molecule has 8 nitrogen and oxygen atoms in total. The van der Waals surface area contributed by atoms with Crippen molar-refractivity contribution in [2.45, 2.75) is 0 Å². The second-order valence-electron chi connectivity index (χ2n) is 3.23. The Morgan fingerprint density at radius 3 is 2.84 bits per heavy atom. The SMILES string of the molecule is C=CCOC(=O)Nc1[nH]c(=O)c(C#N)cc1C(=O)O. The number of hydrogen-bond donors (Lipinski definition) is 3. The highest BCUT2D eigenvalue weighted by atomic mass is 16.5. The number of nitrogens with one attached hydrogen (secondary N) is 2. The van der Waals surface area contributed by atoms with Crippen LogP contribution in [0, 0.1) is 11.3 Å². The lowest BCUT2D eigenvalue weighted by atomic mass is 10.2. The molecule has 0 aliphatic heterocycles. The number of carbonyl (C=O) groups is 2. The molecule has 98 valence electrons. The Bertz CT molecular complexity index is 626. The number of anilines is 1. The van der Waals surface area contributed by atoms with Crippen molar-refractivity contribution in [3.05, 3.63) is 40.2 Å². The second kappa shape index (κ2) is 6.02. The molecule has 0 aliphatic rings. The maximum atomic E-state index is 11.4. The van der Waals surface area contributed by atoms with E-state index in [0.29, 0.717) is 0 Å². The number of pyridine rings is 1. The molecule has 3 N–H and O–H groups in total. The van der Waals surface area contributed by atoms with Gasteiger partial charge in [0.1, 0.15) is 29.6 Å². The van der Waals surface area contributed by atoms with Crippen LogP contribution >= 0.6 is 0 Å². The van der Waals surface area contributed by atoms with Crippen molar-refractivity contribution in [1.82, 2.24) is 4.98 Å². The number of carbonyl (C=O) groups excluding carboxylic acids is 1. The predicted molar refractivity (Wildman–Crippen MR) is 63.9 cm³/mol. The van der Waals surface area contributed by atoms with Gasteiger partial charge in [0, 0.05) is 0 Å². The molecular weight excluding hydrogens is 254 g/mol. The monoisotopic (exact) mass is 263 g/mol. The number of carboxylic acids is 1. The molecule has 1 rings (SSSR count). The molecule has 0 aromatic carbocycles. The van der Waals surface area contributed by atoms with Gasteiger partial charge in [-0.2, -0.15) is 5.26 Å². The third-order valence-corrected chi connectivity index (χ3v) is 1.95. The first kappa shape index (κ1) is 14.0. The summed E-state index contributed by atoms with van der Waals surface area (Å²) in [5.74, 6) is -1.77. The fraction of sp³-hybridized carbons (Fsp3) is 0.0909. The van der Waals surface area contributed by atoms with Crippen LogP contribution in [0.2, 0.25) is 0 Å². The summed E-state index contributed by atoms with van der Waals surface area (Å²) in [6, 6.07) is 2.41. The standard InChI is InChI=1S/C11H9N3O5/c1-2-3-19-11(18)14-8-7(10(16)17)4-6(5-12)9(15)13-8/h2,4H,1,3H2,(H,16,17)(H2,13,14,15,18). The van der Waals surface area contributed by atoms with Gasteiger partial charge in [0.15, 0.2) is 0 Å². The summed E-state index contributed by atoms with van der Waals surface area (Å²) in [4.78, 5) is 35.7. The van der Waals surface area contributed by atoms with Crippen LogP contribution in [-0.4, -0.2) is 28.8 Å². The second-order valence-corrected chi connectivity index (χ2v) is 3.23. The Balaban J connectivity index is 3.13. The van der Waals surface area contributed by atoms with Gasteiger partial charge in [-0.1, -0.05) is 12.7 Å². The molecule has 1 amide bonds. The molecule has 1 aromatic rings.